The number of rotatable bonds is 5. The molecule has 0 radical (unpaired) electrons. The van der Waals surface area contributed by atoms with Crippen LogP contribution in [0.15, 0.2) is 30.3 Å². The number of para-hydroxylation sites is 1. The van der Waals surface area contributed by atoms with Crippen molar-refractivity contribution in [3.8, 4) is 0 Å². The SMILES string of the molecule is OC(CN1CCOCC1)CN1CCCCC1c1cc2ccccc2[nH]1. The third-order valence-electron chi connectivity index (χ3n) is 5.54. The highest BCUT2D eigenvalue weighted by molar-refractivity contribution is 5.80. The number of nitrogens with zero attached hydrogens (tertiary/aromatic N) is 2. The monoisotopic (exact) mass is 343 g/mol. The smallest absolute Gasteiger partial charge is 0.0794 e. The van der Waals surface area contributed by atoms with Crippen molar-refractivity contribution in [1.82, 2.24) is 14.8 Å². The minimum absolute atomic E-state index is 0.303. The summed E-state index contributed by atoms with van der Waals surface area (Å²) in [5, 5.41) is 11.9. The number of piperidine rings is 1. The van der Waals surface area contributed by atoms with E-state index in [-0.39, 0.29) is 6.10 Å². The second-order valence-corrected chi connectivity index (χ2v) is 7.39. The Kier molecular flexibility index (Phi) is 5.36. The molecule has 2 aromatic rings. The molecule has 5 nitrogen and oxygen atoms in total. The first kappa shape index (κ1) is 17.0. The van der Waals surface area contributed by atoms with Crippen LogP contribution >= 0.6 is 0 Å². The van der Waals surface area contributed by atoms with Crippen molar-refractivity contribution in [1.29, 1.82) is 0 Å². The molecule has 2 atom stereocenters. The number of likely N-dealkylation sites (tertiary alicyclic amines) is 1. The van der Waals surface area contributed by atoms with Gasteiger partial charge in [-0.05, 0) is 36.9 Å². The lowest BCUT2D eigenvalue weighted by molar-refractivity contribution is -0.000769. The van der Waals surface area contributed by atoms with Gasteiger partial charge in [0.15, 0.2) is 0 Å². The van der Waals surface area contributed by atoms with Gasteiger partial charge >= 0.3 is 0 Å². The van der Waals surface area contributed by atoms with Crippen LogP contribution in [0.25, 0.3) is 10.9 Å². The number of hydrogen-bond donors (Lipinski definition) is 2. The molecular weight excluding hydrogens is 314 g/mol. The maximum absolute atomic E-state index is 10.6. The van der Waals surface area contributed by atoms with Gasteiger partial charge in [0.25, 0.3) is 0 Å². The Bertz CT molecular complexity index is 647. The zero-order valence-corrected chi connectivity index (χ0v) is 14.9. The summed E-state index contributed by atoms with van der Waals surface area (Å²) in [5.74, 6) is 0. The van der Waals surface area contributed by atoms with E-state index in [0.29, 0.717) is 6.04 Å². The summed E-state index contributed by atoms with van der Waals surface area (Å²) >= 11 is 0. The number of aliphatic hydroxyl groups excluding tert-OH is 1. The zero-order valence-electron chi connectivity index (χ0n) is 14.9. The van der Waals surface area contributed by atoms with E-state index in [1.54, 1.807) is 0 Å². The van der Waals surface area contributed by atoms with E-state index >= 15 is 0 Å². The number of aromatic nitrogens is 1. The van der Waals surface area contributed by atoms with Crippen LogP contribution in [0.2, 0.25) is 0 Å². The molecule has 4 rings (SSSR count). The van der Waals surface area contributed by atoms with Crippen molar-refractivity contribution >= 4 is 10.9 Å². The highest BCUT2D eigenvalue weighted by Crippen LogP contribution is 2.32. The molecule has 2 aliphatic rings. The maximum Gasteiger partial charge on any atom is 0.0794 e. The average Bonchev–Trinajstić information content (AvgIpc) is 3.07. The molecule has 0 aliphatic carbocycles. The Hall–Kier alpha value is -1.40. The number of benzene rings is 1. The molecule has 2 N–H and O–H groups in total. The zero-order chi connectivity index (χ0) is 17.1. The molecule has 1 aromatic carbocycles. The average molecular weight is 343 g/mol. The number of H-pyrrole nitrogens is 1. The fourth-order valence-electron chi connectivity index (χ4n) is 4.25. The van der Waals surface area contributed by atoms with Gasteiger partial charge in [0.1, 0.15) is 0 Å². The quantitative estimate of drug-likeness (QED) is 0.875. The van der Waals surface area contributed by atoms with Crippen LogP contribution in [0.5, 0.6) is 0 Å². The van der Waals surface area contributed by atoms with E-state index in [2.05, 4.69) is 45.1 Å². The van der Waals surface area contributed by atoms with Crippen molar-refractivity contribution in [2.45, 2.75) is 31.4 Å². The van der Waals surface area contributed by atoms with Gasteiger partial charge < -0.3 is 14.8 Å². The molecule has 2 saturated heterocycles. The minimum Gasteiger partial charge on any atom is -0.390 e. The third-order valence-corrected chi connectivity index (χ3v) is 5.54. The predicted molar refractivity (Wildman–Crippen MR) is 99.7 cm³/mol. The van der Waals surface area contributed by atoms with E-state index in [1.807, 2.05) is 0 Å². The fourth-order valence-corrected chi connectivity index (χ4v) is 4.25. The second kappa shape index (κ2) is 7.87. The highest BCUT2D eigenvalue weighted by Gasteiger charge is 2.27. The van der Waals surface area contributed by atoms with Gasteiger partial charge in [-0.1, -0.05) is 24.6 Å². The number of nitrogens with one attached hydrogen (secondary N) is 1. The van der Waals surface area contributed by atoms with Crippen LogP contribution in [0.1, 0.15) is 31.0 Å². The number of hydrogen-bond acceptors (Lipinski definition) is 4. The molecule has 25 heavy (non-hydrogen) atoms. The molecule has 2 aliphatic heterocycles. The summed E-state index contributed by atoms with van der Waals surface area (Å²) in [6.45, 7) is 6.00. The predicted octanol–water partition coefficient (Wildman–Crippen LogP) is 2.39. The first-order valence-corrected chi connectivity index (χ1v) is 9.59. The lowest BCUT2D eigenvalue weighted by atomic mass is 9.98. The van der Waals surface area contributed by atoms with Crippen molar-refractivity contribution in [2.24, 2.45) is 0 Å². The Balaban J connectivity index is 1.43. The highest BCUT2D eigenvalue weighted by atomic mass is 16.5. The third kappa shape index (κ3) is 4.06. The van der Waals surface area contributed by atoms with Crippen molar-refractivity contribution in [2.75, 3.05) is 45.9 Å². The van der Waals surface area contributed by atoms with E-state index in [4.69, 9.17) is 4.74 Å². The summed E-state index contributed by atoms with van der Waals surface area (Å²) in [6, 6.07) is 11.1. The van der Waals surface area contributed by atoms with Gasteiger partial charge in [0, 0.05) is 43.4 Å². The van der Waals surface area contributed by atoms with Crippen molar-refractivity contribution in [3.63, 3.8) is 0 Å². The molecule has 136 valence electrons. The van der Waals surface area contributed by atoms with Gasteiger partial charge in [0.05, 0.1) is 19.3 Å². The molecular formula is C20H29N3O2. The lowest BCUT2D eigenvalue weighted by Gasteiger charge is -2.37. The summed E-state index contributed by atoms with van der Waals surface area (Å²) in [6.07, 6.45) is 3.34. The standard InChI is InChI=1S/C20H29N3O2/c24-17(14-22-9-11-25-12-10-22)15-23-8-4-3-7-20(23)19-13-16-5-1-2-6-18(16)21-19/h1-2,5-6,13,17,20-21,24H,3-4,7-12,14-15H2. The molecule has 0 bridgehead atoms. The summed E-state index contributed by atoms with van der Waals surface area (Å²) < 4.78 is 5.40. The molecule has 3 heterocycles. The minimum atomic E-state index is -0.303. The number of ether oxygens (including phenoxy) is 1. The normalized spacial score (nSPS) is 24.6. The van der Waals surface area contributed by atoms with E-state index in [0.717, 1.165) is 52.4 Å². The van der Waals surface area contributed by atoms with Gasteiger partial charge in [-0.3, -0.25) is 9.80 Å². The van der Waals surface area contributed by atoms with E-state index in [9.17, 15) is 5.11 Å². The molecule has 1 aromatic heterocycles. The van der Waals surface area contributed by atoms with Gasteiger partial charge in [-0.25, -0.2) is 0 Å². The van der Waals surface area contributed by atoms with E-state index < -0.39 is 0 Å². The summed E-state index contributed by atoms with van der Waals surface area (Å²) in [7, 11) is 0. The molecule has 2 unspecified atom stereocenters. The van der Waals surface area contributed by atoms with Gasteiger partial charge in [0.2, 0.25) is 0 Å². The van der Waals surface area contributed by atoms with Crippen LogP contribution in [0, 0.1) is 0 Å². The maximum atomic E-state index is 10.6. The largest absolute Gasteiger partial charge is 0.390 e. The first-order chi connectivity index (χ1) is 12.3. The molecule has 0 saturated carbocycles. The Labute approximate surface area is 149 Å². The van der Waals surface area contributed by atoms with Crippen LogP contribution in [-0.4, -0.2) is 71.9 Å². The number of aromatic amines is 1. The van der Waals surface area contributed by atoms with Gasteiger partial charge in [-0.15, -0.1) is 0 Å². The van der Waals surface area contributed by atoms with Gasteiger partial charge in [-0.2, -0.15) is 0 Å². The van der Waals surface area contributed by atoms with Crippen LogP contribution in [0.3, 0.4) is 0 Å². The van der Waals surface area contributed by atoms with Crippen molar-refractivity contribution in [3.05, 3.63) is 36.0 Å². The number of morpholine rings is 1. The number of aliphatic hydroxyl groups is 1. The molecule has 5 heteroatoms. The fraction of sp³-hybridized carbons (Fsp3) is 0.600. The molecule has 0 spiro atoms. The summed E-state index contributed by atoms with van der Waals surface area (Å²) in [5.41, 5.74) is 2.50. The Morgan fingerprint density at radius 1 is 1.12 bits per heavy atom. The van der Waals surface area contributed by atoms with Crippen LogP contribution in [0.4, 0.5) is 0 Å². The summed E-state index contributed by atoms with van der Waals surface area (Å²) in [4.78, 5) is 8.39. The lowest BCUT2D eigenvalue weighted by Crippen LogP contribution is -2.46. The number of fused-ring (bicyclic) bond motifs is 1. The topological polar surface area (TPSA) is 51.7 Å². The first-order valence-electron chi connectivity index (χ1n) is 9.59. The van der Waals surface area contributed by atoms with Crippen LogP contribution in [-0.2, 0) is 4.74 Å². The molecule has 0 amide bonds. The molecule has 2 fully saturated rings. The van der Waals surface area contributed by atoms with E-state index in [1.165, 1.54) is 29.4 Å². The van der Waals surface area contributed by atoms with Crippen LogP contribution < -0.4 is 0 Å². The number of β-amino-alcohol motifs (C(OH)–C–C–N with tert-alkyl or cyclic N) is 1. The van der Waals surface area contributed by atoms with Crippen molar-refractivity contribution < 1.29 is 9.84 Å². The Morgan fingerprint density at radius 3 is 2.80 bits per heavy atom. The Morgan fingerprint density at radius 2 is 1.96 bits per heavy atom. The second-order valence-electron chi connectivity index (χ2n) is 7.39.